The third-order valence-corrected chi connectivity index (χ3v) is 5.28. The minimum Gasteiger partial charge on any atom is -0.496 e. The first-order chi connectivity index (χ1) is 12.1. The van der Waals surface area contributed by atoms with E-state index in [4.69, 9.17) is 16.3 Å². The fourth-order valence-electron chi connectivity index (χ4n) is 2.71. The van der Waals surface area contributed by atoms with Gasteiger partial charge in [0.1, 0.15) is 5.75 Å². The highest BCUT2D eigenvalue weighted by atomic mass is 35.5. The first-order valence-electron chi connectivity index (χ1n) is 8.10. The number of aromatic nitrogens is 1. The van der Waals surface area contributed by atoms with E-state index in [1.807, 2.05) is 49.4 Å². The molecule has 0 radical (unpaired) electrons. The van der Waals surface area contributed by atoms with Crippen LogP contribution in [0.15, 0.2) is 42.5 Å². The van der Waals surface area contributed by atoms with Crippen molar-refractivity contribution >= 4 is 44.2 Å². The summed E-state index contributed by atoms with van der Waals surface area (Å²) >= 11 is 7.53. The van der Waals surface area contributed by atoms with Gasteiger partial charge in [-0.05, 0) is 43.2 Å². The number of ether oxygens (including phenoxy) is 1. The Morgan fingerprint density at radius 2 is 2.08 bits per heavy atom. The number of aryl methyl sites for hydroxylation is 1. The Bertz CT molecular complexity index is 894. The smallest absolute Gasteiger partial charge is 0.229 e. The number of carbonyl (C=O) groups excluding carboxylic acids is 1. The number of carbonyl (C=O) groups is 1. The third-order valence-electron chi connectivity index (χ3n) is 3.99. The average molecular weight is 375 g/mol. The highest BCUT2D eigenvalue weighted by Crippen LogP contribution is 2.31. The molecule has 0 unspecified atom stereocenters. The van der Waals surface area contributed by atoms with Crippen molar-refractivity contribution < 1.29 is 9.53 Å². The van der Waals surface area contributed by atoms with E-state index >= 15 is 0 Å². The van der Waals surface area contributed by atoms with Crippen LogP contribution in [0.5, 0.6) is 5.75 Å². The molecule has 1 aromatic heterocycles. The molecule has 0 atom stereocenters. The van der Waals surface area contributed by atoms with E-state index in [2.05, 4.69) is 4.98 Å². The van der Waals surface area contributed by atoms with Gasteiger partial charge in [0.15, 0.2) is 5.13 Å². The third kappa shape index (κ3) is 3.94. The van der Waals surface area contributed by atoms with Crippen molar-refractivity contribution in [2.45, 2.75) is 19.8 Å². The maximum atomic E-state index is 12.7. The number of methoxy groups -OCH3 is 1. The molecule has 0 aliphatic heterocycles. The molecule has 6 heteroatoms. The number of anilines is 1. The highest BCUT2D eigenvalue weighted by molar-refractivity contribution is 7.22. The molecule has 130 valence electrons. The Kier molecular flexibility index (Phi) is 5.56. The molecule has 2 aromatic carbocycles. The van der Waals surface area contributed by atoms with Crippen LogP contribution in [0, 0.1) is 0 Å². The molecular weight excluding hydrogens is 356 g/mol. The van der Waals surface area contributed by atoms with Gasteiger partial charge in [0.05, 0.1) is 17.3 Å². The second kappa shape index (κ2) is 7.85. The average Bonchev–Trinajstić information content (AvgIpc) is 3.03. The van der Waals surface area contributed by atoms with Crippen molar-refractivity contribution in [2.75, 3.05) is 18.6 Å². The zero-order valence-corrected chi connectivity index (χ0v) is 15.7. The van der Waals surface area contributed by atoms with Gasteiger partial charge in [-0.3, -0.25) is 9.69 Å². The summed E-state index contributed by atoms with van der Waals surface area (Å²) < 4.78 is 6.38. The number of fused-ring (bicyclic) bond motifs is 1. The van der Waals surface area contributed by atoms with Crippen LogP contribution < -0.4 is 9.64 Å². The van der Waals surface area contributed by atoms with E-state index in [1.165, 1.54) is 11.3 Å². The number of thiazole rings is 1. The van der Waals surface area contributed by atoms with Gasteiger partial charge < -0.3 is 4.74 Å². The fraction of sp³-hybridized carbons (Fsp3) is 0.263. The van der Waals surface area contributed by atoms with E-state index < -0.39 is 0 Å². The van der Waals surface area contributed by atoms with Gasteiger partial charge in [-0.25, -0.2) is 4.98 Å². The monoisotopic (exact) mass is 374 g/mol. The molecule has 0 aliphatic carbocycles. The molecule has 25 heavy (non-hydrogen) atoms. The summed E-state index contributed by atoms with van der Waals surface area (Å²) in [6, 6.07) is 13.4. The van der Waals surface area contributed by atoms with Crippen LogP contribution in [0.1, 0.15) is 18.9 Å². The van der Waals surface area contributed by atoms with Gasteiger partial charge in [0, 0.05) is 18.0 Å². The zero-order chi connectivity index (χ0) is 17.8. The maximum Gasteiger partial charge on any atom is 0.229 e. The Labute approximate surface area is 156 Å². The largest absolute Gasteiger partial charge is 0.496 e. The van der Waals surface area contributed by atoms with E-state index in [0.29, 0.717) is 29.5 Å². The van der Waals surface area contributed by atoms with Crippen LogP contribution >= 0.6 is 22.9 Å². The van der Waals surface area contributed by atoms with Gasteiger partial charge in [0.2, 0.25) is 5.91 Å². The van der Waals surface area contributed by atoms with Gasteiger partial charge in [-0.2, -0.15) is 0 Å². The molecule has 0 saturated carbocycles. The number of halogens is 1. The second-order valence-electron chi connectivity index (χ2n) is 5.56. The van der Waals surface area contributed by atoms with Crippen LogP contribution in [-0.4, -0.2) is 24.5 Å². The quantitative estimate of drug-likeness (QED) is 0.613. The first kappa shape index (κ1) is 17.7. The molecule has 1 heterocycles. The Balaban J connectivity index is 1.76. The molecule has 1 amide bonds. The van der Waals surface area contributed by atoms with Crippen molar-refractivity contribution in [1.29, 1.82) is 0 Å². The van der Waals surface area contributed by atoms with Crippen LogP contribution in [0.25, 0.3) is 10.2 Å². The SMILES string of the molecule is CCN(C(=O)CCc1ccccc1OC)c1nc2cc(Cl)ccc2s1. The fourth-order valence-corrected chi connectivity index (χ4v) is 3.90. The molecule has 0 spiro atoms. The normalized spacial score (nSPS) is 10.8. The molecule has 0 saturated heterocycles. The van der Waals surface area contributed by atoms with Crippen molar-refractivity contribution in [1.82, 2.24) is 4.98 Å². The van der Waals surface area contributed by atoms with Gasteiger partial charge in [0.25, 0.3) is 0 Å². The summed E-state index contributed by atoms with van der Waals surface area (Å²) in [5.41, 5.74) is 1.86. The zero-order valence-electron chi connectivity index (χ0n) is 14.2. The summed E-state index contributed by atoms with van der Waals surface area (Å²) in [5.74, 6) is 0.867. The van der Waals surface area contributed by atoms with E-state index in [-0.39, 0.29) is 5.91 Å². The van der Waals surface area contributed by atoms with Crippen molar-refractivity contribution in [3.05, 3.63) is 53.1 Å². The van der Waals surface area contributed by atoms with Gasteiger partial charge in [-0.1, -0.05) is 41.1 Å². The van der Waals surface area contributed by atoms with Crippen molar-refractivity contribution in [3.8, 4) is 5.75 Å². The lowest BCUT2D eigenvalue weighted by molar-refractivity contribution is -0.118. The first-order valence-corrected chi connectivity index (χ1v) is 9.30. The molecule has 0 fully saturated rings. The maximum absolute atomic E-state index is 12.7. The summed E-state index contributed by atoms with van der Waals surface area (Å²) in [6.07, 6.45) is 1.04. The summed E-state index contributed by atoms with van der Waals surface area (Å²) in [6.45, 7) is 2.54. The van der Waals surface area contributed by atoms with Crippen molar-refractivity contribution in [3.63, 3.8) is 0 Å². The number of benzene rings is 2. The highest BCUT2D eigenvalue weighted by Gasteiger charge is 2.18. The van der Waals surface area contributed by atoms with Crippen LogP contribution in [0.2, 0.25) is 5.02 Å². The number of rotatable bonds is 6. The Hall–Kier alpha value is -2.11. The Morgan fingerprint density at radius 3 is 2.84 bits per heavy atom. The second-order valence-corrected chi connectivity index (χ2v) is 7.00. The molecular formula is C19H19ClN2O2S. The number of hydrogen-bond acceptors (Lipinski definition) is 4. The minimum absolute atomic E-state index is 0.0542. The molecule has 3 rings (SSSR count). The molecule has 0 N–H and O–H groups in total. The van der Waals surface area contributed by atoms with Crippen LogP contribution in [0.3, 0.4) is 0 Å². The molecule has 0 aliphatic rings. The van der Waals surface area contributed by atoms with E-state index in [0.717, 1.165) is 21.5 Å². The summed E-state index contributed by atoms with van der Waals surface area (Å²) in [7, 11) is 1.64. The minimum atomic E-state index is 0.0542. The predicted octanol–water partition coefficient (Wildman–Crippen LogP) is 4.94. The molecule has 0 bridgehead atoms. The number of para-hydroxylation sites is 1. The van der Waals surface area contributed by atoms with Crippen LogP contribution in [0.4, 0.5) is 5.13 Å². The lowest BCUT2D eigenvalue weighted by Crippen LogP contribution is -2.30. The van der Waals surface area contributed by atoms with Crippen LogP contribution in [-0.2, 0) is 11.2 Å². The number of nitrogens with zero attached hydrogens (tertiary/aromatic N) is 2. The topological polar surface area (TPSA) is 42.4 Å². The molecule has 3 aromatic rings. The van der Waals surface area contributed by atoms with Crippen molar-refractivity contribution in [2.24, 2.45) is 0 Å². The van der Waals surface area contributed by atoms with E-state index in [9.17, 15) is 4.79 Å². The number of hydrogen-bond donors (Lipinski definition) is 0. The lowest BCUT2D eigenvalue weighted by Gasteiger charge is -2.18. The summed E-state index contributed by atoms with van der Waals surface area (Å²) in [5, 5.41) is 1.36. The molecule has 4 nitrogen and oxygen atoms in total. The Morgan fingerprint density at radius 1 is 1.28 bits per heavy atom. The summed E-state index contributed by atoms with van der Waals surface area (Å²) in [4.78, 5) is 19.0. The number of amides is 1. The van der Waals surface area contributed by atoms with E-state index in [1.54, 1.807) is 12.0 Å². The standard InChI is InChI=1S/C19H19ClN2O2S/c1-3-22(19-21-15-12-14(20)9-10-17(15)25-19)18(23)11-8-13-6-4-5-7-16(13)24-2/h4-7,9-10,12H,3,8,11H2,1-2H3. The lowest BCUT2D eigenvalue weighted by atomic mass is 10.1. The van der Waals surface area contributed by atoms with Gasteiger partial charge >= 0.3 is 0 Å². The van der Waals surface area contributed by atoms with Gasteiger partial charge in [-0.15, -0.1) is 0 Å². The predicted molar refractivity (Wildman–Crippen MR) is 104 cm³/mol.